The van der Waals surface area contributed by atoms with Crippen LogP contribution in [-0.2, 0) is 7.05 Å². The largest absolute Gasteiger partial charge is 0.437 e. The molecule has 0 unspecified atom stereocenters. The molecule has 2 fully saturated rings. The SMILES string of the molecule is Cc1ccc2c(n1)oc1c(-c3cc(C4CCC5(CCCCC5)CC4)cc[n+]3C)c(C)ccc12. The first-order valence-electron chi connectivity index (χ1n) is 12.8. The molecule has 170 valence electrons. The third-order valence-corrected chi connectivity index (χ3v) is 8.72. The van der Waals surface area contributed by atoms with Gasteiger partial charge in [-0.25, -0.2) is 9.55 Å². The number of nitrogens with zero attached hydrogens (tertiary/aromatic N) is 2. The van der Waals surface area contributed by atoms with Gasteiger partial charge in [0.1, 0.15) is 7.05 Å². The predicted molar refractivity (Wildman–Crippen MR) is 134 cm³/mol. The minimum atomic E-state index is 0.665. The Morgan fingerprint density at radius 3 is 2.45 bits per heavy atom. The molecular weight excluding hydrogens is 404 g/mol. The molecule has 3 heteroatoms. The Bertz CT molecular complexity index is 1330. The minimum Gasteiger partial charge on any atom is -0.437 e. The van der Waals surface area contributed by atoms with E-state index >= 15 is 0 Å². The molecule has 2 aliphatic rings. The maximum Gasteiger partial charge on any atom is 0.227 e. The number of rotatable bonds is 2. The lowest BCUT2D eigenvalue weighted by molar-refractivity contribution is -0.660. The van der Waals surface area contributed by atoms with Crippen LogP contribution >= 0.6 is 0 Å². The van der Waals surface area contributed by atoms with Gasteiger partial charge in [0.25, 0.3) is 0 Å². The summed E-state index contributed by atoms with van der Waals surface area (Å²) in [5.74, 6) is 0.678. The van der Waals surface area contributed by atoms with E-state index in [-0.39, 0.29) is 0 Å². The lowest BCUT2D eigenvalue weighted by atomic mass is 9.62. The van der Waals surface area contributed by atoms with E-state index in [0.717, 1.165) is 27.8 Å². The smallest absolute Gasteiger partial charge is 0.227 e. The van der Waals surface area contributed by atoms with Crippen molar-refractivity contribution in [1.82, 2.24) is 4.98 Å². The molecule has 0 radical (unpaired) electrons. The van der Waals surface area contributed by atoms with Crippen molar-refractivity contribution in [3.8, 4) is 11.3 Å². The quantitative estimate of drug-likeness (QED) is 0.300. The van der Waals surface area contributed by atoms with Crippen molar-refractivity contribution in [2.24, 2.45) is 12.5 Å². The number of hydrogen-bond donors (Lipinski definition) is 0. The molecule has 0 N–H and O–H groups in total. The molecule has 3 nitrogen and oxygen atoms in total. The number of furan rings is 1. The van der Waals surface area contributed by atoms with Crippen molar-refractivity contribution in [3.05, 3.63) is 59.4 Å². The summed E-state index contributed by atoms with van der Waals surface area (Å²) in [6.45, 7) is 4.21. The van der Waals surface area contributed by atoms with E-state index in [4.69, 9.17) is 4.42 Å². The minimum absolute atomic E-state index is 0.665. The number of benzene rings is 1. The maximum absolute atomic E-state index is 6.39. The van der Waals surface area contributed by atoms with Gasteiger partial charge in [-0.2, -0.15) is 0 Å². The Kier molecular flexibility index (Phi) is 5.05. The molecule has 4 aromatic rings. The van der Waals surface area contributed by atoms with Crippen LogP contribution in [0.25, 0.3) is 33.3 Å². The van der Waals surface area contributed by atoms with Gasteiger partial charge in [0.2, 0.25) is 11.4 Å². The van der Waals surface area contributed by atoms with Gasteiger partial charge in [0.15, 0.2) is 11.8 Å². The zero-order valence-electron chi connectivity index (χ0n) is 20.3. The van der Waals surface area contributed by atoms with Crippen LogP contribution in [-0.4, -0.2) is 4.98 Å². The Hall–Kier alpha value is -2.68. The summed E-state index contributed by atoms with van der Waals surface area (Å²) < 4.78 is 8.64. The van der Waals surface area contributed by atoms with Crippen LogP contribution in [0.2, 0.25) is 0 Å². The van der Waals surface area contributed by atoms with Crippen LogP contribution in [0.5, 0.6) is 0 Å². The Balaban J connectivity index is 1.40. The van der Waals surface area contributed by atoms with E-state index in [1.165, 1.54) is 80.2 Å². The van der Waals surface area contributed by atoms with E-state index < -0.39 is 0 Å². The summed E-state index contributed by atoms with van der Waals surface area (Å²) >= 11 is 0. The number of pyridine rings is 2. The van der Waals surface area contributed by atoms with Crippen molar-refractivity contribution >= 4 is 22.1 Å². The third kappa shape index (κ3) is 3.57. The zero-order chi connectivity index (χ0) is 22.6. The second-order valence-electron chi connectivity index (χ2n) is 10.8. The summed E-state index contributed by atoms with van der Waals surface area (Å²) in [5.41, 5.74) is 8.53. The molecule has 3 heterocycles. The van der Waals surface area contributed by atoms with Gasteiger partial charge < -0.3 is 4.42 Å². The molecular formula is C30H35N2O+. The predicted octanol–water partition coefficient (Wildman–Crippen LogP) is 7.70. The summed E-state index contributed by atoms with van der Waals surface area (Å²) in [5, 5.41) is 2.25. The second kappa shape index (κ2) is 7.97. The van der Waals surface area contributed by atoms with Gasteiger partial charge in [-0.05, 0) is 87.0 Å². The number of aromatic nitrogens is 2. The van der Waals surface area contributed by atoms with Gasteiger partial charge in [-0.3, -0.25) is 0 Å². The van der Waals surface area contributed by atoms with Crippen LogP contribution in [0.1, 0.15) is 80.5 Å². The van der Waals surface area contributed by atoms with Gasteiger partial charge in [0.05, 0.1) is 5.56 Å². The van der Waals surface area contributed by atoms with Crippen LogP contribution < -0.4 is 4.57 Å². The number of hydrogen-bond acceptors (Lipinski definition) is 2. The monoisotopic (exact) mass is 439 g/mol. The summed E-state index contributed by atoms with van der Waals surface area (Å²) in [7, 11) is 2.15. The van der Waals surface area contributed by atoms with Crippen molar-refractivity contribution in [1.29, 1.82) is 0 Å². The second-order valence-corrected chi connectivity index (χ2v) is 10.8. The molecule has 0 bridgehead atoms. The maximum atomic E-state index is 6.39. The van der Waals surface area contributed by atoms with Crippen LogP contribution in [0.4, 0.5) is 0 Å². The lowest BCUT2D eigenvalue weighted by Crippen LogP contribution is -2.32. The number of aryl methyl sites for hydroxylation is 3. The normalized spacial score (nSPS) is 19.0. The zero-order valence-corrected chi connectivity index (χ0v) is 20.3. The van der Waals surface area contributed by atoms with E-state index in [2.05, 4.69) is 66.1 Å². The Morgan fingerprint density at radius 1 is 0.909 bits per heavy atom. The van der Waals surface area contributed by atoms with E-state index in [9.17, 15) is 0 Å². The molecule has 1 aromatic carbocycles. The molecule has 0 amide bonds. The standard InChI is InChI=1S/C30H35N2O/c1-20-7-9-24-25-10-8-21(2)31-29(25)33-28(24)27(20)26-19-23(13-18-32(26)3)22-11-16-30(17-12-22)14-5-4-6-15-30/h7-10,13,18-19,22H,4-6,11-12,14-17H2,1-3H3/q+1. The highest BCUT2D eigenvalue weighted by atomic mass is 16.3. The molecule has 2 aliphatic carbocycles. The first-order valence-corrected chi connectivity index (χ1v) is 12.8. The fourth-order valence-corrected chi connectivity index (χ4v) is 6.68. The fraction of sp³-hybridized carbons (Fsp3) is 0.467. The average molecular weight is 440 g/mol. The lowest BCUT2D eigenvalue weighted by Gasteiger charge is -2.43. The van der Waals surface area contributed by atoms with Gasteiger partial charge in [-0.1, -0.05) is 31.4 Å². The first-order chi connectivity index (χ1) is 16.0. The van der Waals surface area contributed by atoms with Crippen LogP contribution in [0, 0.1) is 19.3 Å². The van der Waals surface area contributed by atoms with E-state index in [1.54, 1.807) is 0 Å². The molecule has 0 aliphatic heterocycles. The highest BCUT2D eigenvalue weighted by Crippen LogP contribution is 2.51. The van der Waals surface area contributed by atoms with Crippen LogP contribution in [0.15, 0.2) is 47.0 Å². The fourth-order valence-electron chi connectivity index (χ4n) is 6.68. The Labute approximate surface area is 196 Å². The van der Waals surface area contributed by atoms with Gasteiger partial charge in [-0.15, -0.1) is 0 Å². The Morgan fingerprint density at radius 2 is 1.67 bits per heavy atom. The molecule has 0 saturated heterocycles. The molecule has 3 aromatic heterocycles. The number of fused-ring (bicyclic) bond motifs is 3. The highest BCUT2D eigenvalue weighted by Gasteiger charge is 2.37. The first kappa shape index (κ1) is 20.9. The highest BCUT2D eigenvalue weighted by molar-refractivity contribution is 6.08. The van der Waals surface area contributed by atoms with Crippen LogP contribution in [0.3, 0.4) is 0 Å². The topological polar surface area (TPSA) is 29.9 Å². The van der Waals surface area contributed by atoms with Crippen molar-refractivity contribution in [2.45, 2.75) is 77.6 Å². The molecule has 1 spiro atoms. The van der Waals surface area contributed by atoms with Crippen molar-refractivity contribution in [2.75, 3.05) is 0 Å². The average Bonchev–Trinajstić information content (AvgIpc) is 3.18. The third-order valence-electron chi connectivity index (χ3n) is 8.72. The molecule has 6 rings (SSSR count). The summed E-state index contributed by atoms with van der Waals surface area (Å²) in [6.07, 6.45) is 15.0. The van der Waals surface area contributed by atoms with Gasteiger partial charge in [0, 0.05) is 28.6 Å². The van der Waals surface area contributed by atoms with Gasteiger partial charge >= 0.3 is 0 Å². The molecule has 0 atom stereocenters. The molecule has 2 saturated carbocycles. The van der Waals surface area contributed by atoms with E-state index in [0.29, 0.717) is 11.3 Å². The van der Waals surface area contributed by atoms with E-state index in [1.807, 2.05) is 6.92 Å². The van der Waals surface area contributed by atoms with Crippen molar-refractivity contribution < 1.29 is 8.98 Å². The van der Waals surface area contributed by atoms with Crippen molar-refractivity contribution in [3.63, 3.8) is 0 Å². The summed E-state index contributed by atoms with van der Waals surface area (Å²) in [6, 6.07) is 13.4. The summed E-state index contributed by atoms with van der Waals surface area (Å²) in [4.78, 5) is 4.66. The molecule has 33 heavy (non-hydrogen) atoms.